The molecular weight excluding hydrogens is 262 g/mol. The zero-order valence-corrected chi connectivity index (χ0v) is 12.8. The van der Waals surface area contributed by atoms with Crippen LogP contribution in [0.1, 0.15) is 49.3 Å². The van der Waals surface area contributed by atoms with Gasteiger partial charge in [-0.05, 0) is 25.2 Å². The highest BCUT2D eigenvalue weighted by atomic mass is 35.5. The lowest BCUT2D eigenvalue weighted by Gasteiger charge is -2.34. The highest BCUT2D eigenvalue weighted by molar-refractivity contribution is 6.34. The molecule has 0 unspecified atom stereocenters. The Morgan fingerprint density at radius 2 is 2.11 bits per heavy atom. The van der Waals surface area contributed by atoms with E-state index in [1.54, 1.807) is 11.7 Å². The van der Waals surface area contributed by atoms with Crippen LogP contribution < -0.4 is 5.32 Å². The number of nitrogens with one attached hydrogen (secondary N) is 1. The maximum atomic E-state index is 12.4. The lowest BCUT2D eigenvalue weighted by Crippen LogP contribution is -2.44. The maximum Gasteiger partial charge on any atom is 0.271 e. The van der Waals surface area contributed by atoms with Crippen LogP contribution in [-0.4, -0.2) is 21.7 Å². The Morgan fingerprint density at radius 1 is 1.42 bits per heavy atom. The second-order valence-corrected chi connectivity index (χ2v) is 6.10. The van der Waals surface area contributed by atoms with Gasteiger partial charge in [0.15, 0.2) is 0 Å². The monoisotopic (exact) mass is 283 g/mol. The zero-order chi connectivity index (χ0) is 14.2. The summed E-state index contributed by atoms with van der Waals surface area (Å²) in [5.41, 5.74) is 1.16. The molecule has 1 aliphatic rings. The maximum absolute atomic E-state index is 12.4. The van der Waals surface area contributed by atoms with Gasteiger partial charge < -0.3 is 5.32 Å². The number of aryl methyl sites for hydroxylation is 2. The van der Waals surface area contributed by atoms with Gasteiger partial charge in [-0.2, -0.15) is 5.10 Å². The molecule has 1 N–H and O–H groups in total. The molecule has 0 aliphatic heterocycles. The van der Waals surface area contributed by atoms with E-state index in [0.717, 1.165) is 6.42 Å². The van der Waals surface area contributed by atoms with Gasteiger partial charge in [0.2, 0.25) is 0 Å². The summed E-state index contributed by atoms with van der Waals surface area (Å²) in [6, 6.07) is 0.238. The second kappa shape index (κ2) is 5.53. The number of carbonyl (C=O) groups excluding carboxylic acids is 1. The number of nitrogens with zero attached hydrogens (tertiary/aromatic N) is 2. The fraction of sp³-hybridized carbons (Fsp3) is 0.714. The van der Waals surface area contributed by atoms with E-state index >= 15 is 0 Å². The van der Waals surface area contributed by atoms with E-state index in [0.29, 0.717) is 28.2 Å². The third-order valence-electron chi connectivity index (χ3n) is 4.39. The van der Waals surface area contributed by atoms with E-state index in [1.807, 2.05) is 6.92 Å². The zero-order valence-electron chi connectivity index (χ0n) is 12.0. The highest BCUT2D eigenvalue weighted by Gasteiger charge is 2.29. The third kappa shape index (κ3) is 2.78. The summed E-state index contributed by atoms with van der Waals surface area (Å²) in [5, 5.41) is 7.76. The van der Waals surface area contributed by atoms with Gasteiger partial charge in [0.05, 0.1) is 10.7 Å². The first-order valence-electron chi connectivity index (χ1n) is 6.91. The van der Waals surface area contributed by atoms with Gasteiger partial charge in [0.25, 0.3) is 5.91 Å². The van der Waals surface area contributed by atoms with Gasteiger partial charge in [0, 0.05) is 13.1 Å². The van der Waals surface area contributed by atoms with Crippen molar-refractivity contribution in [2.45, 2.75) is 46.1 Å². The smallest absolute Gasteiger partial charge is 0.271 e. The molecular formula is C14H22ClN3O. The number of hydrogen-bond donors (Lipinski definition) is 1. The molecule has 0 saturated heterocycles. The Morgan fingerprint density at radius 3 is 2.68 bits per heavy atom. The molecule has 0 bridgehead atoms. The summed E-state index contributed by atoms with van der Waals surface area (Å²) in [6.45, 7) is 6.28. The van der Waals surface area contributed by atoms with Gasteiger partial charge in [-0.25, -0.2) is 0 Å². The molecule has 5 heteroatoms. The largest absolute Gasteiger partial charge is 0.348 e. The van der Waals surface area contributed by atoms with E-state index in [4.69, 9.17) is 11.6 Å². The summed E-state index contributed by atoms with van der Waals surface area (Å²) in [7, 11) is 1.75. The molecule has 2 rings (SSSR count). The summed E-state index contributed by atoms with van der Waals surface area (Å²) >= 11 is 6.15. The molecule has 4 nitrogen and oxygen atoms in total. The van der Waals surface area contributed by atoms with Gasteiger partial charge >= 0.3 is 0 Å². The third-order valence-corrected chi connectivity index (χ3v) is 4.84. The number of carbonyl (C=O) groups is 1. The lowest BCUT2D eigenvalue weighted by molar-refractivity contribution is 0.0881. The standard InChI is InChI=1S/C14H22ClN3O/c1-8-6-5-7-11(9(8)2)16-14(19)13-12(15)10(3)17-18(13)4/h8-9,11H,5-7H2,1-4H3,(H,16,19)/t8-,9+,11-/m1/s1. The summed E-state index contributed by atoms with van der Waals surface area (Å²) in [4.78, 5) is 12.4. The topological polar surface area (TPSA) is 46.9 Å². The van der Waals surface area contributed by atoms with Crippen LogP contribution in [0.2, 0.25) is 5.02 Å². The molecule has 19 heavy (non-hydrogen) atoms. The molecule has 0 aromatic carbocycles. The van der Waals surface area contributed by atoms with Crippen molar-refractivity contribution in [2.75, 3.05) is 0 Å². The molecule has 1 heterocycles. The molecule has 1 aliphatic carbocycles. The van der Waals surface area contributed by atoms with Crippen molar-refractivity contribution in [3.05, 3.63) is 16.4 Å². The van der Waals surface area contributed by atoms with Gasteiger partial charge in [-0.15, -0.1) is 0 Å². The van der Waals surface area contributed by atoms with Crippen molar-refractivity contribution in [3.8, 4) is 0 Å². The fourth-order valence-corrected chi connectivity index (χ4v) is 3.15. The van der Waals surface area contributed by atoms with Crippen LogP contribution >= 0.6 is 11.6 Å². The average Bonchev–Trinajstić information content (AvgIpc) is 2.59. The van der Waals surface area contributed by atoms with Crippen LogP contribution in [0, 0.1) is 18.8 Å². The lowest BCUT2D eigenvalue weighted by atomic mass is 9.78. The molecule has 0 radical (unpaired) electrons. The predicted molar refractivity (Wildman–Crippen MR) is 76.4 cm³/mol. The van der Waals surface area contributed by atoms with Crippen molar-refractivity contribution in [1.82, 2.24) is 15.1 Å². The molecule has 1 aromatic rings. The highest BCUT2D eigenvalue weighted by Crippen LogP contribution is 2.30. The van der Waals surface area contributed by atoms with E-state index in [1.165, 1.54) is 12.8 Å². The molecule has 1 saturated carbocycles. The van der Waals surface area contributed by atoms with Crippen LogP contribution in [-0.2, 0) is 7.05 Å². The van der Waals surface area contributed by atoms with Crippen LogP contribution in [0.15, 0.2) is 0 Å². The quantitative estimate of drug-likeness (QED) is 0.907. The second-order valence-electron chi connectivity index (χ2n) is 5.72. The minimum Gasteiger partial charge on any atom is -0.348 e. The van der Waals surface area contributed by atoms with E-state index in [-0.39, 0.29) is 11.9 Å². The molecule has 106 valence electrons. The Balaban J connectivity index is 2.12. The number of rotatable bonds is 2. The van der Waals surface area contributed by atoms with Gasteiger partial charge in [-0.1, -0.05) is 38.3 Å². The van der Waals surface area contributed by atoms with E-state index < -0.39 is 0 Å². The van der Waals surface area contributed by atoms with E-state index in [2.05, 4.69) is 24.3 Å². The molecule has 1 amide bonds. The SMILES string of the molecule is Cc1nn(C)c(C(=O)N[C@@H]2CCC[C@@H](C)[C@@H]2C)c1Cl. The minimum atomic E-state index is -0.112. The Labute approximate surface area is 119 Å². The van der Waals surface area contributed by atoms with Gasteiger partial charge in [0.1, 0.15) is 5.69 Å². The summed E-state index contributed by atoms with van der Waals surface area (Å²) < 4.78 is 1.56. The Bertz CT molecular complexity index is 483. The van der Waals surface area contributed by atoms with E-state index in [9.17, 15) is 4.79 Å². The first kappa shape index (κ1) is 14.4. The molecule has 0 spiro atoms. The average molecular weight is 284 g/mol. The number of amides is 1. The van der Waals surface area contributed by atoms with Crippen LogP contribution in [0.5, 0.6) is 0 Å². The molecule has 1 aromatic heterocycles. The normalized spacial score (nSPS) is 27.3. The molecule has 1 fully saturated rings. The van der Waals surface area contributed by atoms with Crippen LogP contribution in [0.3, 0.4) is 0 Å². The van der Waals surface area contributed by atoms with Crippen LogP contribution in [0.25, 0.3) is 0 Å². The number of halogens is 1. The van der Waals surface area contributed by atoms with Crippen molar-refractivity contribution >= 4 is 17.5 Å². The van der Waals surface area contributed by atoms with Crippen molar-refractivity contribution < 1.29 is 4.79 Å². The van der Waals surface area contributed by atoms with Crippen molar-refractivity contribution in [2.24, 2.45) is 18.9 Å². The minimum absolute atomic E-state index is 0.112. The first-order chi connectivity index (χ1) is 8.91. The Kier molecular flexibility index (Phi) is 4.19. The summed E-state index contributed by atoms with van der Waals surface area (Å²) in [6.07, 6.45) is 3.47. The number of aromatic nitrogens is 2. The van der Waals surface area contributed by atoms with Gasteiger partial charge in [-0.3, -0.25) is 9.48 Å². The Hall–Kier alpha value is -1.03. The fourth-order valence-electron chi connectivity index (χ4n) is 2.90. The summed E-state index contributed by atoms with van der Waals surface area (Å²) in [5.74, 6) is 1.05. The predicted octanol–water partition coefficient (Wildman–Crippen LogP) is 2.94. The van der Waals surface area contributed by atoms with Crippen molar-refractivity contribution in [3.63, 3.8) is 0 Å². The van der Waals surface area contributed by atoms with Crippen molar-refractivity contribution in [1.29, 1.82) is 0 Å². The first-order valence-corrected chi connectivity index (χ1v) is 7.29. The van der Waals surface area contributed by atoms with Crippen LogP contribution in [0.4, 0.5) is 0 Å². The molecule has 3 atom stereocenters. The number of hydrogen-bond acceptors (Lipinski definition) is 2.